The Bertz CT molecular complexity index is 792. The molecule has 7 heteroatoms. The van der Waals surface area contributed by atoms with Gasteiger partial charge in [-0.25, -0.2) is 9.37 Å². The molecule has 3 rings (SSSR count). The predicted octanol–water partition coefficient (Wildman–Crippen LogP) is 3.42. The molecule has 2 unspecified atom stereocenters. The van der Waals surface area contributed by atoms with E-state index in [4.69, 9.17) is 10.5 Å². The number of rotatable bonds is 5. The Morgan fingerprint density at radius 2 is 2.28 bits per heavy atom. The summed E-state index contributed by atoms with van der Waals surface area (Å²) in [6.07, 6.45) is 0.439. The third kappa shape index (κ3) is 3.07. The Hall–Kier alpha value is -1.83. The third-order valence-electron chi connectivity index (χ3n) is 5.08. The van der Waals surface area contributed by atoms with E-state index in [1.54, 1.807) is 17.5 Å². The third-order valence-corrected chi connectivity index (χ3v) is 5.84. The molecule has 0 radical (unpaired) electrons. The first-order valence-corrected chi connectivity index (χ1v) is 9.09. The zero-order chi connectivity index (χ0) is 18.2. The monoisotopic (exact) mass is 363 g/mol. The number of ether oxygens (including phenoxy) is 1. The number of hydrogen-bond donors (Lipinski definition) is 2. The lowest BCUT2D eigenvalue weighted by Crippen LogP contribution is -2.74. The van der Waals surface area contributed by atoms with Crippen LogP contribution in [0.3, 0.4) is 0 Å². The summed E-state index contributed by atoms with van der Waals surface area (Å²) < 4.78 is 19.0. The molecule has 25 heavy (non-hydrogen) atoms. The minimum absolute atomic E-state index is 0.0348. The van der Waals surface area contributed by atoms with E-state index in [9.17, 15) is 9.18 Å². The minimum Gasteiger partial charge on any atom is -0.378 e. The molecule has 1 saturated carbocycles. The molecule has 1 fully saturated rings. The second kappa shape index (κ2) is 6.48. The minimum atomic E-state index is -1.00. The van der Waals surface area contributed by atoms with E-state index in [-0.39, 0.29) is 17.8 Å². The van der Waals surface area contributed by atoms with E-state index in [2.05, 4.69) is 10.3 Å². The molecular weight excluding hydrogens is 341 g/mol. The average molecular weight is 363 g/mol. The Morgan fingerprint density at radius 3 is 2.92 bits per heavy atom. The van der Waals surface area contributed by atoms with Gasteiger partial charge in [-0.1, -0.05) is 26.0 Å². The molecule has 0 spiro atoms. The Labute approximate surface area is 150 Å². The van der Waals surface area contributed by atoms with Gasteiger partial charge in [0.1, 0.15) is 11.4 Å². The summed E-state index contributed by atoms with van der Waals surface area (Å²) in [5.41, 5.74) is 6.18. The van der Waals surface area contributed by atoms with Crippen LogP contribution in [0.1, 0.15) is 27.2 Å². The highest BCUT2D eigenvalue weighted by Crippen LogP contribution is 2.50. The van der Waals surface area contributed by atoms with Gasteiger partial charge in [-0.2, -0.15) is 0 Å². The van der Waals surface area contributed by atoms with Gasteiger partial charge < -0.3 is 15.8 Å². The standard InChI is InChI=1S/C18H22FN3O2S/c1-4-24-14-9-18(20,17(14,2)3)15(23)22-16-21-13(10-25-16)11-6-5-7-12(19)8-11/h5-8,10,14H,4,9,20H2,1-3H3,(H,21,22,23). The molecule has 2 aromatic rings. The molecule has 3 N–H and O–H groups in total. The lowest BCUT2D eigenvalue weighted by atomic mass is 9.54. The topological polar surface area (TPSA) is 77.2 Å². The van der Waals surface area contributed by atoms with Crippen molar-refractivity contribution in [2.24, 2.45) is 11.1 Å². The van der Waals surface area contributed by atoms with Gasteiger partial charge in [0.15, 0.2) is 5.13 Å². The second-order valence-corrected chi connectivity index (χ2v) is 7.70. The van der Waals surface area contributed by atoms with Crippen LogP contribution in [0.2, 0.25) is 0 Å². The molecule has 5 nitrogen and oxygen atoms in total. The zero-order valence-corrected chi connectivity index (χ0v) is 15.3. The smallest absolute Gasteiger partial charge is 0.246 e. The predicted molar refractivity (Wildman–Crippen MR) is 96.9 cm³/mol. The first-order chi connectivity index (χ1) is 11.8. The number of hydrogen-bond acceptors (Lipinski definition) is 5. The number of nitrogens with zero attached hydrogens (tertiary/aromatic N) is 1. The van der Waals surface area contributed by atoms with Crippen LogP contribution in [0.25, 0.3) is 11.3 Å². The maximum Gasteiger partial charge on any atom is 0.246 e. The van der Waals surface area contributed by atoms with Crippen molar-refractivity contribution in [2.75, 3.05) is 11.9 Å². The van der Waals surface area contributed by atoms with Crippen molar-refractivity contribution in [3.05, 3.63) is 35.5 Å². The van der Waals surface area contributed by atoms with Crippen LogP contribution in [0.5, 0.6) is 0 Å². The molecule has 1 heterocycles. The van der Waals surface area contributed by atoms with Crippen molar-refractivity contribution < 1.29 is 13.9 Å². The van der Waals surface area contributed by atoms with Crippen molar-refractivity contribution in [3.63, 3.8) is 0 Å². The molecule has 0 bridgehead atoms. The van der Waals surface area contributed by atoms with Gasteiger partial charge in [0, 0.05) is 29.4 Å². The fourth-order valence-electron chi connectivity index (χ4n) is 3.14. The lowest BCUT2D eigenvalue weighted by Gasteiger charge is -2.57. The van der Waals surface area contributed by atoms with Crippen LogP contribution in [-0.2, 0) is 9.53 Å². The number of thiazole rings is 1. The average Bonchev–Trinajstić information content (AvgIpc) is 3.03. The molecule has 1 aromatic carbocycles. The molecule has 2 atom stereocenters. The normalized spacial score (nSPS) is 24.6. The summed E-state index contributed by atoms with van der Waals surface area (Å²) in [6.45, 7) is 6.40. The van der Waals surface area contributed by atoms with Gasteiger partial charge in [0.2, 0.25) is 5.91 Å². The van der Waals surface area contributed by atoms with E-state index in [1.165, 1.54) is 23.5 Å². The van der Waals surface area contributed by atoms with E-state index < -0.39 is 11.0 Å². The van der Waals surface area contributed by atoms with Crippen molar-refractivity contribution >= 4 is 22.4 Å². The number of nitrogens with two attached hydrogens (primary N) is 1. The fraction of sp³-hybridized carbons (Fsp3) is 0.444. The number of anilines is 1. The number of amides is 1. The van der Waals surface area contributed by atoms with Gasteiger partial charge in [-0.05, 0) is 19.1 Å². The van der Waals surface area contributed by atoms with Crippen LogP contribution in [0.4, 0.5) is 9.52 Å². The van der Waals surface area contributed by atoms with Crippen molar-refractivity contribution in [1.82, 2.24) is 4.98 Å². The first-order valence-electron chi connectivity index (χ1n) is 8.21. The van der Waals surface area contributed by atoms with Gasteiger partial charge >= 0.3 is 0 Å². The number of halogens is 1. The second-order valence-electron chi connectivity index (χ2n) is 6.84. The maximum atomic E-state index is 13.3. The van der Waals surface area contributed by atoms with Gasteiger partial charge in [0.25, 0.3) is 0 Å². The van der Waals surface area contributed by atoms with Gasteiger partial charge in [-0.15, -0.1) is 11.3 Å². The van der Waals surface area contributed by atoms with Gasteiger partial charge in [0.05, 0.1) is 11.8 Å². The number of benzene rings is 1. The van der Waals surface area contributed by atoms with E-state index >= 15 is 0 Å². The largest absolute Gasteiger partial charge is 0.378 e. The van der Waals surface area contributed by atoms with Crippen LogP contribution in [0, 0.1) is 11.2 Å². The summed E-state index contributed by atoms with van der Waals surface area (Å²) in [6, 6.07) is 6.19. The molecule has 1 aliphatic carbocycles. The van der Waals surface area contributed by atoms with Crippen LogP contribution in [0.15, 0.2) is 29.6 Å². The number of carbonyl (C=O) groups is 1. The van der Waals surface area contributed by atoms with Crippen LogP contribution < -0.4 is 11.1 Å². The SMILES string of the molecule is CCOC1CC(N)(C(=O)Nc2nc(-c3cccc(F)c3)cs2)C1(C)C. The van der Waals surface area contributed by atoms with Crippen molar-refractivity contribution in [3.8, 4) is 11.3 Å². The molecule has 1 aromatic heterocycles. The Morgan fingerprint density at radius 1 is 1.52 bits per heavy atom. The Kier molecular flexibility index (Phi) is 4.66. The summed E-state index contributed by atoms with van der Waals surface area (Å²) in [4.78, 5) is 17.1. The maximum absolute atomic E-state index is 13.3. The molecule has 0 saturated heterocycles. The van der Waals surface area contributed by atoms with Crippen LogP contribution in [-0.4, -0.2) is 29.1 Å². The highest BCUT2D eigenvalue weighted by atomic mass is 32.1. The van der Waals surface area contributed by atoms with Crippen molar-refractivity contribution in [2.45, 2.75) is 38.8 Å². The first kappa shape index (κ1) is 18.0. The van der Waals surface area contributed by atoms with E-state index in [0.717, 1.165) is 0 Å². The molecular formula is C18H22FN3O2S. The molecule has 0 aliphatic heterocycles. The molecule has 134 valence electrons. The van der Waals surface area contributed by atoms with E-state index in [1.807, 2.05) is 20.8 Å². The number of nitrogens with one attached hydrogen (secondary N) is 1. The van der Waals surface area contributed by atoms with Crippen molar-refractivity contribution in [1.29, 1.82) is 0 Å². The lowest BCUT2D eigenvalue weighted by molar-refractivity contribution is -0.166. The van der Waals surface area contributed by atoms with Gasteiger partial charge in [-0.3, -0.25) is 4.79 Å². The summed E-state index contributed by atoms with van der Waals surface area (Å²) in [5, 5.41) is 5.03. The highest BCUT2D eigenvalue weighted by molar-refractivity contribution is 7.14. The zero-order valence-electron chi connectivity index (χ0n) is 14.5. The van der Waals surface area contributed by atoms with E-state index in [0.29, 0.717) is 29.4 Å². The quantitative estimate of drug-likeness (QED) is 0.853. The number of aromatic nitrogens is 1. The summed E-state index contributed by atoms with van der Waals surface area (Å²) in [7, 11) is 0. The summed E-state index contributed by atoms with van der Waals surface area (Å²) in [5.74, 6) is -0.594. The Balaban J connectivity index is 1.72. The molecule has 1 aliphatic rings. The highest BCUT2D eigenvalue weighted by Gasteiger charge is 2.63. The molecule has 1 amide bonds. The summed E-state index contributed by atoms with van der Waals surface area (Å²) >= 11 is 1.29. The fourth-order valence-corrected chi connectivity index (χ4v) is 3.86. The van der Waals surface area contributed by atoms with Crippen LogP contribution >= 0.6 is 11.3 Å². The number of carbonyl (C=O) groups excluding carboxylic acids is 1.